The summed E-state index contributed by atoms with van der Waals surface area (Å²) in [6, 6.07) is 10.5. The molecule has 0 saturated heterocycles. The van der Waals surface area contributed by atoms with E-state index in [1.165, 1.54) is 5.56 Å². The zero-order valence-corrected chi connectivity index (χ0v) is 16.4. The number of esters is 1. The zero-order chi connectivity index (χ0) is 18.2. The van der Waals surface area contributed by atoms with E-state index in [1.54, 1.807) is 0 Å². The van der Waals surface area contributed by atoms with E-state index >= 15 is 0 Å². The van der Waals surface area contributed by atoms with Gasteiger partial charge in [-0.05, 0) is 43.4 Å². The Hall–Kier alpha value is -1.00. The molecular formula is C21H34O3S. The third-order valence-electron chi connectivity index (χ3n) is 4.12. The first-order valence-corrected chi connectivity index (χ1v) is 10.8. The smallest absolute Gasteiger partial charge is 0.305 e. The van der Waals surface area contributed by atoms with Crippen LogP contribution in [-0.2, 0) is 15.3 Å². The molecule has 1 aromatic rings. The maximum Gasteiger partial charge on any atom is 0.305 e. The van der Waals surface area contributed by atoms with E-state index in [-0.39, 0.29) is 12.1 Å². The predicted molar refractivity (Wildman–Crippen MR) is 107 cm³/mol. The van der Waals surface area contributed by atoms with Crippen molar-refractivity contribution in [1.82, 2.24) is 0 Å². The molecule has 0 aliphatic heterocycles. The van der Waals surface area contributed by atoms with Gasteiger partial charge >= 0.3 is 5.97 Å². The third kappa shape index (κ3) is 12.9. The summed E-state index contributed by atoms with van der Waals surface area (Å²) in [5, 5.41) is 10.00. The summed E-state index contributed by atoms with van der Waals surface area (Å²) < 4.78 is 5.12. The molecule has 25 heavy (non-hydrogen) atoms. The summed E-state index contributed by atoms with van der Waals surface area (Å²) in [6.45, 7) is 2.62. The van der Waals surface area contributed by atoms with E-state index in [0.717, 1.165) is 62.9 Å². The number of aliphatic hydroxyl groups excluding tert-OH is 1. The van der Waals surface area contributed by atoms with Gasteiger partial charge in [-0.1, -0.05) is 56.5 Å². The summed E-state index contributed by atoms with van der Waals surface area (Å²) in [5.41, 5.74) is 1.38. The summed E-state index contributed by atoms with van der Waals surface area (Å²) in [7, 11) is 0. The van der Waals surface area contributed by atoms with E-state index in [2.05, 4.69) is 31.2 Å². The summed E-state index contributed by atoms with van der Waals surface area (Å²) >= 11 is 1.96. The second-order valence-electron chi connectivity index (χ2n) is 6.51. The second kappa shape index (κ2) is 15.3. The van der Waals surface area contributed by atoms with E-state index in [0.29, 0.717) is 13.0 Å². The monoisotopic (exact) mass is 366 g/mol. The minimum absolute atomic E-state index is 0.0987. The first-order chi connectivity index (χ1) is 12.2. The van der Waals surface area contributed by atoms with Crippen LogP contribution in [0.4, 0.5) is 0 Å². The molecule has 0 fully saturated rings. The molecule has 1 N–H and O–H groups in total. The Morgan fingerprint density at radius 1 is 1.08 bits per heavy atom. The lowest BCUT2D eigenvalue weighted by Crippen LogP contribution is -2.08. The van der Waals surface area contributed by atoms with E-state index in [4.69, 9.17) is 4.74 Å². The molecule has 4 heteroatoms. The van der Waals surface area contributed by atoms with Crippen LogP contribution in [0.5, 0.6) is 0 Å². The molecule has 1 unspecified atom stereocenters. The molecule has 142 valence electrons. The standard InChI is InChI=1S/C21H34O3S/c1-2-3-16-24-21(23)15-8-7-13-20(22)14-9-10-17-25-18-19-11-5-4-6-12-19/h4-6,11-12,20,22H,2-3,7-10,13-18H2,1H3. The van der Waals surface area contributed by atoms with Crippen LogP contribution >= 0.6 is 11.8 Å². The van der Waals surface area contributed by atoms with Crippen LogP contribution in [0, 0.1) is 0 Å². The maximum atomic E-state index is 11.5. The van der Waals surface area contributed by atoms with Crippen LogP contribution in [0.1, 0.15) is 70.3 Å². The van der Waals surface area contributed by atoms with Gasteiger partial charge in [0.25, 0.3) is 0 Å². The van der Waals surface area contributed by atoms with Crippen molar-refractivity contribution in [3.63, 3.8) is 0 Å². The molecule has 0 aliphatic rings. The van der Waals surface area contributed by atoms with E-state index < -0.39 is 0 Å². The number of hydrogen-bond acceptors (Lipinski definition) is 4. The molecule has 1 aromatic carbocycles. The minimum Gasteiger partial charge on any atom is -0.466 e. The lowest BCUT2D eigenvalue weighted by Gasteiger charge is -2.10. The fourth-order valence-electron chi connectivity index (χ4n) is 2.54. The van der Waals surface area contributed by atoms with Crippen LogP contribution in [0.15, 0.2) is 30.3 Å². The highest BCUT2D eigenvalue weighted by Gasteiger charge is 2.06. The molecule has 0 aliphatic carbocycles. The van der Waals surface area contributed by atoms with Crippen molar-refractivity contribution in [2.45, 2.75) is 76.6 Å². The van der Waals surface area contributed by atoms with Crippen molar-refractivity contribution >= 4 is 17.7 Å². The number of hydrogen-bond donors (Lipinski definition) is 1. The van der Waals surface area contributed by atoms with Crippen LogP contribution < -0.4 is 0 Å². The molecule has 0 saturated carbocycles. The molecule has 1 atom stereocenters. The Morgan fingerprint density at radius 3 is 2.52 bits per heavy atom. The van der Waals surface area contributed by atoms with Gasteiger partial charge in [-0.15, -0.1) is 0 Å². The molecule has 0 heterocycles. The van der Waals surface area contributed by atoms with Crippen molar-refractivity contribution in [3.05, 3.63) is 35.9 Å². The normalized spacial score (nSPS) is 12.1. The number of carbonyl (C=O) groups excluding carboxylic acids is 1. The summed E-state index contributed by atoms with van der Waals surface area (Å²) in [5.74, 6) is 2.11. The first-order valence-electron chi connectivity index (χ1n) is 9.67. The van der Waals surface area contributed by atoms with Crippen LogP contribution in [0.25, 0.3) is 0 Å². The van der Waals surface area contributed by atoms with Crippen molar-refractivity contribution in [2.24, 2.45) is 0 Å². The fraction of sp³-hybridized carbons (Fsp3) is 0.667. The van der Waals surface area contributed by atoms with Crippen molar-refractivity contribution < 1.29 is 14.6 Å². The van der Waals surface area contributed by atoms with Crippen LogP contribution in [0.3, 0.4) is 0 Å². The maximum absolute atomic E-state index is 11.5. The Labute approximate surface area is 157 Å². The van der Waals surface area contributed by atoms with Gasteiger partial charge in [-0.2, -0.15) is 11.8 Å². The lowest BCUT2D eigenvalue weighted by atomic mass is 10.1. The average Bonchev–Trinajstić information content (AvgIpc) is 2.63. The molecule has 1 rings (SSSR count). The molecule has 0 amide bonds. The Kier molecular flexibility index (Phi) is 13.5. The van der Waals surface area contributed by atoms with Crippen molar-refractivity contribution in [2.75, 3.05) is 12.4 Å². The van der Waals surface area contributed by atoms with Gasteiger partial charge < -0.3 is 9.84 Å². The first kappa shape index (κ1) is 22.0. The van der Waals surface area contributed by atoms with Crippen LogP contribution in [-0.4, -0.2) is 29.5 Å². The SMILES string of the molecule is CCCCOC(=O)CCCCC(O)CCCCSCc1ccccc1. The van der Waals surface area contributed by atoms with E-state index in [1.807, 2.05) is 17.8 Å². The zero-order valence-electron chi connectivity index (χ0n) is 15.6. The molecule has 0 aromatic heterocycles. The Morgan fingerprint density at radius 2 is 1.80 bits per heavy atom. The second-order valence-corrected chi connectivity index (χ2v) is 7.61. The molecule has 0 radical (unpaired) electrons. The number of aliphatic hydroxyl groups is 1. The van der Waals surface area contributed by atoms with Crippen LogP contribution in [0.2, 0.25) is 0 Å². The van der Waals surface area contributed by atoms with Gasteiger partial charge in [-0.3, -0.25) is 4.79 Å². The highest BCUT2D eigenvalue weighted by atomic mass is 32.2. The van der Waals surface area contributed by atoms with Gasteiger partial charge in [-0.25, -0.2) is 0 Å². The molecule has 0 spiro atoms. The molecule has 3 nitrogen and oxygen atoms in total. The number of ether oxygens (including phenoxy) is 1. The number of rotatable bonds is 15. The Bertz CT molecular complexity index is 436. The largest absolute Gasteiger partial charge is 0.466 e. The van der Waals surface area contributed by atoms with Gasteiger partial charge in [0.2, 0.25) is 0 Å². The lowest BCUT2D eigenvalue weighted by molar-refractivity contribution is -0.143. The number of carbonyl (C=O) groups is 1. The van der Waals surface area contributed by atoms with E-state index in [9.17, 15) is 9.90 Å². The Balaban J connectivity index is 1.88. The average molecular weight is 367 g/mol. The molecule has 0 bridgehead atoms. The van der Waals surface area contributed by atoms with Gasteiger partial charge in [0, 0.05) is 12.2 Å². The summed E-state index contributed by atoms with van der Waals surface area (Å²) in [4.78, 5) is 11.5. The van der Waals surface area contributed by atoms with Gasteiger partial charge in [0.15, 0.2) is 0 Å². The van der Waals surface area contributed by atoms with Crippen molar-refractivity contribution in [3.8, 4) is 0 Å². The number of benzene rings is 1. The minimum atomic E-state index is -0.227. The highest BCUT2D eigenvalue weighted by molar-refractivity contribution is 7.98. The van der Waals surface area contributed by atoms with Gasteiger partial charge in [0.1, 0.15) is 0 Å². The molecular weight excluding hydrogens is 332 g/mol. The van der Waals surface area contributed by atoms with Crippen molar-refractivity contribution in [1.29, 1.82) is 0 Å². The van der Waals surface area contributed by atoms with Gasteiger partial charge in [0.05, 0.1) is 12.7 Å². The highest BCUT2D eigenvalue weighted by Crippen LogP contribution is 2.16. The quantitative estimate of drug-likeness (QED) is 0.335. The fourth-order valence-corrected chi connectivity index (χ4v) is 3.53. The predicted octanol–water partition coefficient (Wildman–Crippen LogP) is 5.35. The third-order valence-corrected chi connectivity index (χ3v) is 5.23. The number of unbranched alkanes of at least 4 members (excludes halogenated alkanes) is 3. The number of thioether (sulfide) groups is 1. The summed E-state index contributed by atoms with van der Waals surface area (Å²) in [6.07, 6.45) is 7.83. The topological polar surface area (TPSA) is 46.5 Å².